The molecule has 0 saturated carbocycles. The van der Waals surface area contributed by atoms with E-state index >= 15 is 0 Å². The van der Waals surface area contributed by atoms with Crippen LogP contribution in [0, 0.1) is 0 Å². The number of rotatable bonds is 5. The van der Waals surface area contributed by atoms with E-state index in [0.29, 0.717) is 32.4 Å². The minimum absolute atomic E-state index is 0.000365. The molecule has 1 fully saturated rings. The number of pyridine rings is 1. The Morgan fingerprint density at radius 3 is 3.05 bits per heavy atom. The SMILES string of the molecule is CCN1CC(NC(=O)CCc2cccnc2)CC1=O. The molecule has 2 rings (SSSR count). The number of aryl methyl sites for hydroxylation is 1. The van der Waals surface area contributed by atoms with Crippen LogP contribution in [-0.4, -0.2) is 40.8 Å². The number of aromatic nitrogens is 1. The Balaban J connectivity index is 1.75. The average Bonchev–Trinajstić information content (AvgIpc) is 2.77. The van der Waals surface area contributed by atoms with Crippen LogP contribution in [0.5, 0.6) is 0 Å². The van der Waals surface area contributed by atoms with Gasteiger partial charge >= 0.3 is 0 Å². The van der Waals surface area contributed by atoms with Gasteiger partial charge in [0.15, 0.2) is 0 Å². The van der Waals surface area contributed by atoms with Crippen molar-refractivity contribution in [3.8, 4) is 0 Å². The first-order chi connectivity index (χ1) is 9.19. The van der Waals surface area contributed by atoms with Crippen molar-refractivity contribution in [2.24, 2.45) is 0 Å². The van der Waals surface area contributed by atoms with Crippen molar-refractivity contribution in [2.45, 2.75) is 32.2 Å². The fraction of sp³-hybridized carbons (Fsp3) is 0.500. The number of carbonyl (C=O) groups is 2. The van der Waals surface area contributed by atoms with Crippen LogP contribution < -0.4 is 5.32 Å². The standard InChI is InChI=1S/C14H19N3O2/c1-2-17-10-12(8-14(17)19)16-13(18)6-5-11-4-3-7-15-9-11/h3-4,7,9,12H,2,5-6,8,10H2,1H3,(H,16,18). The van der Waals surface area contributed by atoms with Crippen molar-refractivity contribution in [3.63, 3.8) is 0 Å². The highest BCUT2D eigenvalue weighted by Crippen LogP contribution is 2.10. The lowest BCUT2D eigenvalue weighted by atomic mass is 10.1. The van der Waals surface area contributed by atoms with Crippen LogP contribution in [0.15, 0.2) is 24.5 Å². The predicted octanol–water partition coefficient (Wildman–Crippen LogP) is 0.751. The van der Waals surface area contributed by atoms with Crippen molar-refractivity contribution in [1.82, 2.24) is 15.2 Å². The van der Waals surface area contributed by atoms with E-state index in [1.807, 2.05) is 19.1 Å². The molecule has 5 nitrogen and oxygen atoms in total. The molecule has 1 aromatic rings. The lowest BCUT2D eigenvalue weighted by molar-refractivity contribution is -0.127. The van der Waals surface area contributed by atoms with Gasteiger partial charge in [-0.25, -0.2) is 0 Å². The molecule has 1 saturated heterocycles. The number of likely N-dealkylation sites (N-methyl/N-ethyl adjacent to an activating group) is 1. The molecule has 2 heterocycles. The molecule has 19 heavy (non-hydrogen) atoms. The van der Waals surface area contributed by atoms with Gasteiger partial charge in [-0.2, -0.15) is 0 Å². The summed E-state index contributed by atoms with van der Waals surface area (Å²) in [6.07, 6.45) is 5.02. The van der Waals surface area contributed by atoms with Gasteiger partial charge in [-0.3, -0.25) is 14.6 Å². The minimum atomic E-state index is -0.0335. The fourth-order valence-electron chi connectivity index (χ4n) is 2.28. The summed E-state index contributed by atoms with van der Waals surface area (Å²) in [4.78, 5) is 29.1. The number of carbonyl (C=O) groups excluding carboxylic acids is 2. The summed E-state index contributed by atoms with van der Waals surface area (Å²) in [7, 11) is 0. The van der Waals surface area contributed by atoms with Gasteiger partial charge in [0, 0.05) is 38.3 Å². The van der Waals surface area contributed by atoms with E-state index in [1.165, 1.54) is 0 Å². The summed E-state index contributed by atoms with van der Waals surface area (Å²) < 4.78 is 0. The normalized spacial score (nSPS) is 18.7. The van der Waals surface area contributed by atoms with Gasteiger partial charge in [-0.05, 0) is 25.0 Å². The Kier molecular flexibility index (Phi) is 4.49. The zero-order valence-corrected chi connectivity index (χ0v) is 11.1. The molecule has 1 atom stereocenters. The van der Waals surface area contributed by atoms with E-state index in [9.17, 15) is 9.59 Å². The van der Waals surface area contributed by atoms with Gasteiger partial charge in [0.2, 0.25) is 11.8 Å². The number of amides is 2. The zero-order chi connectivity index (χ0) is 13.7. The molecule has 1 N–H and O–H groups in total. The van der Waals surface area contributed by atoms with Gasteiger partial charge in [0.1, 0.15) is 0 Å². The van der Waals surface area contributed by atoms with E-state index in [-0.39, 0.29) is 17.9 Å². The smallest absolute Gasteiger partial charge is 0.224 e. The summed E-state index contributed by atoms with van der Waals surface area (Å²) in [5, 5.41) is 2.92. The lowest BCUT2D eigenvalue weighted by Gasteiger charge is -2.14. The third-order valence-corrected chi connectivity index (χ3v) is 3.32. The molecule has 0 radical (unpaired) electrons. The molecule has 1 unspecified atom stereocenters. The summed E-state index contributed by atoms with van der Waals surface area (Å²) in [6.45, 7) is 3.29. The maximum atomic E-state index is 11.8. The summed E-state index contributed by atoms with van der Waals surface area (Å²) in [6, 6.07) is 3.79. The topological polar surface area (TPSA) is 62.3 Å². The summed E-state index contributed by atoms with van der Waals surface area (Å²) in [5.74, 6) is 0.125. The largest absolute Gasteiger partial charge is 0.351 e. The molecule has 0 bridgehead atoms. The van der Waals surface area contributed by atoms with E-state index in [2.05, 4.69) is 10.3 Å². The average molecular weight is 261 g/mol. The molecular weight excluding hydrogens is 242 g/mol. The molecule has 1 aliphatic heterocycles. The quantitative estimate of drug-likeness (QED) is 0.851. The van der Waals surface area contributed by atoms with Crippen LogP contribution in [0.1, 0.15) is 25.3 Å². The highest BCUT2D eigenvalue weighted by Gasteiger charge is 2.29. The Morgan fingerprint density at radius 1 is 1.58 bits per heavy atom. The Labute approximate surface area is 113 Å². The molecule has 0 aromatic carbocycles. The van der Waals surface area contributed by atoms with Crippen LogP contribution in [0.4, 0.5) is 0 Å². The Bertz CT molecular complexity index is 447. The van der Waals surface area contributed by atoms with Gasteiger partial charge < -0.3 is 10.2 Å². The number of nitrogens with one attached hydrogen (secondary N) is 1. The van der Waals surface area contributed by atoms with Crippen LogP contribution in [0.2, 0.25) is 0 Å². The molecule has 0 spiro atoms. The van der Waals surface area contributed by atoms with Gasteiger partial charge in [0.25, 0.3) is 0 Å². The van der Waals surface area contributed by atoms with Crippen LogP contribution >= 0.6 is 0 Å². The van der Waals surface area contributed by atoms with Gasteiger partial charge in [-0.1, -0.05) is 6.07 Å². The molecule has 5 heteroatoms. The molecular formula is C14H19N3O2. The second-order valence-corrected chi connectivity index (χ2v) is 4.76. The second kappa shape index (κ2) is 6.31. The predicted molar refractivity (Wildman–Crippen MR) is 71.4 cm³/mol. The van der Waals surface area contributed by atoms with Gasteiger partial charge in [-0.15, -0.1) is 0 Å². The third kappa shape index (κ3) is 3.77. The number of hydrogen-bond acceptors (Lipinski definition) is 3. The first kappa shape index (κ1) is 13.5. The molecule has 1 aromatic heterocycles. The van der Waals surface area contributed by atoms with E-state index in [0.717, 1.165) is 5.56 Å². The highest BCUT2D eigenvalue weighted by atomic mass is 16.2. The monoisotopic (exact) mass is 261 g/mol. The summed E-state index contributed by atoms with van der Waals surface area (Å²) in [5.41, 5.74) is 1.05. The van der Waals surface area contributed by atoms with Crippen molar-refractivity contribution in [2.75, 3.05) is 13.1 Å². The van der Waals surface area contributed by atoms with Crippen molar-refractivity contribution < 1.29 is 9.59 Å². The first-order valence-electron chi connectivity index (χ1n) is 6.65. The van der Waals surface area contributed by atoms with Crippen molar-refractivity contribution in [3.05, 3.63) is 30.1 Å². The maximum Gasteiger partial charge on any atom is 0.224 e. The molecule has 0 aliphatic carbocycles. The Morgan fingerprint density at radius 2 is 2.42 bits per heavy atom. The minimum Gasteiger partial charge on any atom is -0.351 e. The molecule has 102 valence electrons. The number of hydrogen-bond donors (Lipinski definition) is 1. The Hall–Kier alpha value is -1.91. The number of likely N-dealkylation sites (tertiary alicyclic amines) is 1. The van der Waals surface area contributed by atoms with Crippen molar-refractivity contribution in [1.29, 1.82) is 0 Å². The van der Waals surface area contributed by atoms with E-state index in [1.54, 1.807) is 17.3 Å². The van der Waals surface area contributed by atoms with E-state index in [4.69, 9.17) is 0 Å². The summed E-state index contributed by atoms with van der Waals surface area (Å²) >= 11 is 0. The van der Waals surface area contributed by atoms with Crippen molar-refractivity contribution >= 4 is 11.8 Å². The number of nitrogens with zero attached hydrogens (tertiary/aromatic N) is 2. The molecule has 2 amide bonds. The highest BCUT2D eigenvalue weighted by molar-refractivity contribution is 5.82. The van der Waals surface area contributed by atoms with Crippen LogP contribution in [0.25, 0.3) is 0 Å². The lowest BCUT2D eigenvalue weighted by Crippen LogP contribution is -2.37. The molecule has 1 aliphatic rings. The van der Waals surface area contributed by atoms with E-state index < -0.39 is 0 Å². The van der Waals surface area contributed by atoms with Crippen LogP contribution in [-0.2, 0) is 16.0 Å². The van der Waals surface area contributed by atoms with Gasteiger partial charge in [0.05, 0.1) is 6.04 Å². The van der Waals surface area contributed by atoms with Crippen LogP contribution in [0.3, 0.4) is 0 Å². The zero-order valence-electron chi connectivity index (χ0n) is 11.1. The fourth-order valence-corrected chi connectivity index (χ4v) is 2.28. The maximum absolute atomic E-state index is 11.8. The first-order valence-corrected chi connectivity index (χ1v) is 6.65. The second-order valence-electron chi connectivity index (χ2n) is 4.76. The third-order valence-electron chi connectivity index (χ3n) is 3.32.